The molecule has 1 rings (SSSR count). The number of hydrogen-bond donors (Lipinski definition) is 1. The molecule has 0 radical (unpaired) electrons. The predicted octanol–water partition coefficient (Wildman–Crippen LogP) is 1.55. The van der Waals surface area contributed by atoms with E-state index in [4.69, 9.17) is 0 Å². The Kier molecular flexibility index (Phi) is 5.12. The summed E-state index contributed by atoms with van der Waals surface area (Å²) in [6.07, 6.45) is 4.03. The first-order chi connectivity index (χ1) is 7.24. The Bertz CT molecular complexity index is 344. The second-order valence-corrected chi connectivity index (χ2v) is 3.84. The van der Waals surface area contributed by atoms with Gasteiger partial charge in [0.05, 0.1) is 0 Å². The Morgan fingerprint density at radius 3 is 2.87 bits per heavy atom. The number of aryl methyl sites for hydroxylation is 2. The maximum absolute atomic E-state index is 11.5. The van der Waals surface area contributed by atoms with Crippen LogP contribution in [-0.4, -0.2) is 17.7 Å². The first-order valence-electron chi connectivity index (χ1n) is 5.62. The molecule has 15 heavy (non-hydrogen) atoms. The molecule has 3 nitrogen and oxygen atoms in total. The molecule has 0 aromatic carbocycles. The van der Waals surface area contributed by atoms with Crippen LogP contribution in [0.3, 0.4) is 0 Å². The van der Waals surface area contributed by atoms with Crippen LogP contribution in [0.2, 0.25) is 0 Å². The number of hydrogen-bond acceptors (Lipinski definition) is 2. The van der Waals surface area contributed by atoms with Crippen molar-refractivity contribution in [2.75, 3.05) is 13.1 Å². The molecule has 1 aromatic rings. The zero-order valence-corrected chi connectivity index (χ0v) is 9.62. The summed E-state index contributed by atoms with van der Waals surface area (Å²) in [6, 6.07) is 3.65. The lowest BCUT2D eigenvalue weighted by atomic mass is 10.3. The van der Waals surface area contributed by atoms with E-state index in [9.17, 15) is 4.79 Å². The van der Waals surface area contributed by atoms with Crippen molar-refractivity contribution >= 4 is 0 Å². The average molecular weight is 208 g/mol. The third kappa shape index (κ3) is 4.30. The van der Waals surface area contributed by atoms with Crippen molar-refractivity contribution in [2.45, 2.75) is 33.2 Å². The lowest BCUT2D eigenvalue weighted by Crippen LogP contribution is -2.22. The van der Waals surface area contributed by atoms with Crippen LogP contribution in [-0.2, 0) is 6.54 Å². The molecule has 0 bridgehead atoms. The zero-order valence-electron chi connectivity index (χ0n) is 9.62. The molecule has 0 fully saturated rings. The summed E-state index contributed by atoms with van der Waals surface area (Å²) in [4.78, 5) is 11.5. The van der Waals surface area contributed by atoms with E-state index in [0.717, 1.165) is 38.0 Å². The first-order valence-corrected chi connectivity index (χ1v) is 5.62. The third-order valence-corrected chi connectivity index (χ3v) is 2.33. The van der Waals surface area contributed by atoms with Crippen molar-refractivity contribution in [1.29, 1.82) is 0 Å². The van der Waals surface area contributed by atoms with Gasteiger partial charge in [-0.05, 0) is 44.5 Å². The van der Waals surface area contributed by atoms with Crippen molar-refractivity contribution in [2.24, 2.45) is 0 Å². The van der Waals surface area contributed by atoms with Crippen molar-refractivity contribution in [3.63, 3.8) is 0 Å². The Morgan fingerprint density at radius 1 is 1.40 bits per heavy atom. The minimum atomic E-state index is 0.102. The highest BCUT2D eigenvalue weighted by molar-refractivity contribution is 5.07. The monoisotopic (exact) mass is 208 g/mol. The second-order valence-electron chi connectivity index (χ2n) is 3.84. The van der Waals surface area contributed by atoms with Crippen LogP contribution in [0.4, 0.5) is 0 Å². The first kappa shape index (κ1) is 12.0. The van der Waals surface area contributed by atoms with Gasteiger partial charge in [0.25, 0.3) is 5.56 Å². The van der Waals surface area contributed by atoms with E-state index in [0.29, 0.717) is 0 Å². The maximum atomic E-state index is 11.5. The smallest absolute Gasteiger partial charge is 0.250 e. The van der Waals surface area contributed by atoms with Gasteiger partial charge in [0.2, 0.25) is 0 Å². The molecule has 1 N–H and O–H groups in total. The minimum Gasteiger partial charge on any atom is -0.317 e. The maximum Gasteiger partial charge on any atom is 0.250 e. The highest BCUT2D eigenvalue weighted by Gasteiger charge is 1.95. The predicted molar refractivity (Wildman–Crippen MR) is 63.2 cm³/mol. The summed E-state index contributed by atoms with van der Waals surface area (Å²) in [5, 5.41) is 3.32. The standard InChI is InChI=1S/C12H20N2O/c1-3-6-13-7-4-8-14-9-5-11(2)10-12(14)15/h5,9-10,13H,3-4,6-8H2,1-2H3. The molecule has 84 valence electrons. The molecule has 3 heteroatoms. The van der Waals surface area contributed by atoms with Crippen LogP contribution in [0.5, 0.6) is 0 Å². The molecule has 0 aliphatic heterocycles. The van der Waals surface area contributed by atoms with E-state index in [2.05, 4.69) is 12.2 Å². The summed E-state index contributed by atoms with van der Waals surface area (Å²) in [5.41, 5.74) is 1.13. The Labute approximate surface area is 91.1 Å². The highest BCUT2D eigenvalue weighted by atomic mass is 16.1. The summed E-state index contributed by atoms with van der Waals surface area (Å²) < 4.78 is 1.76. The molecular weight excluding hydrogens is 188 g/mol. The Morgan fingerprint density at radius 2 is 2.20 bits per heavy atom. The lowest BCUT2D eigenvalue weighted by molar-refractivity contribution is 0.568. The molecule has 0 saturated carbocycles. The van der Waals surface area contributed by atoms with Crippen molar-refractivity contribution in [1.82, 2.24) is 9.88 Å². The zero-order chi connectivity index (χ0) is 11.1. The van der Waals surface area contributed by atoms with Crippen LogP contribution in [0, 0.1) is 6.92 Å². The SMILES string of the molecule is CCCNCCCn1ccc(C)cc1=O. The van der Waals surface area contributed by atoms with Gasteiger partial charge in [0.15, 0.2) is 0 Å². The van der Waals surface area contributed by atoms with E-state index < -0.39 is 0 Å². The number of nitrogens with zero attached hydrogens (tertiary/aromatic N) is 1. The second kappa shape index (κ2) is 6.40. The lowest BCUT2D eigenvalue weighted by Gasteiger charge is -2.06. The summed E-state index contributed by atoms with van der Waals surface area (Å²) >= 11 is 0. The molecule has 0 aliphatic rings. The molecular formula is C12H20N2O. The summed E-state index contributed by atoms with van der Waals surface area (Å²) in [7, 11) is 0. The normalized spacial score (nSPS) is 10.5. The number of rotatable bonds is 6. The summed E-state index contributed by atoms with van der Waals surface area (Å²) in [6.45, 7) is 6.93. The quantitative estimate of drug-likeness (QED) is 0.720. The average Bonchev–Trinajstić information content (AvgIpc) is 2.20. The van der Waals surface area contributed by atoms with Crippen LogP contribution in [0.1, 0.15) is 25.3 Å². The van der Waals surface area contributed by atoms with Gasteiger partial charge in [0, 0.05) is 18.8 Å². The van der Waals surface area contributed by atoms with E-state index in [1.54, 1.807) is 10.6 Å². The summed E-state index contributed by atoms with van der Waals surface area (Å²) in [5.74, 6) is 0. The number of aromatic nitrogens is 1. The van der Waals surface area contributed by atoms with Gasteiger partial charge in [-0.2, -0.15) is 0 Å². The fourth-order valence-electron chi connectivity index (χ4n) is 1.47. The molecule has 0 saturated heterocycles. The van der Waals surface area contributed by atoms with Gasteiger partial charge in [-0.3, -0.25) is 4.79 Å². The topological polar surface area (TPSA) is 34.0 Å². The van der Waals surface area contributed by atoms with Crippen LogP contribution in [0.25, 0.3) is 0 Å². The number of pyridine rings is 1. The van der Waals surface area contributed by atoms with E-state index in [1.807, 2.05) is 19.2 Å². The van der Waals surface area contributed by atoms with Gasteiger partial charge in [-0.1, -0.05) is 6.92 Å². The van der Waals surface area contributed by atoms with Crippen molar-refractivity contribution in [3.8, 4) is 0 Å². The van der Waals surface area contributed by atoms with Gasteiger partial charge in [0.1, 0.15) is 0 Å². The van der Waals surface area contributed by atoms with E-state index in [-0.39, 0.29) is 5.56 Å². The van der Waals surface area contributed by atoms with Crippen molar-refractivity contribution < 1.29 is 0 Å². The Balaban J connectivity index is 2.34. The van der Waals surface area contributed by atoms with Crippen LogP contribution >= 0.6 is 0 Å². The molecule has 0 atom stereocenters. The minimum absolute atomic E-state index is 0.102. The van der Waals surface area contributed by atoms with E-state index in [1.165, 1.54) is 0 Å². The van der Waals surface area contributed by atoms with Gasteiger partial charge in [-0.25, -0.2) is 0 Å². The molecule has 1 aromatic heterocycles. The largest absolute Gasteiger partial charge is 0.317 e. The Hall–Kier alpha value is -1.09. The van der Waals surface area contributed by atoms with Crippen molar-refractivity contribution in [3.05, 3.63) is 34.2 Å². The molecule has 0 unspecified atom stereocenters. The van der Waals surface area contributed by atoms with E-state index >= 15 is 0 Å². The van der Waals surface area contributed by atoms with Gasteiger partial charge < -0.3 is 9.88 Å². The number of nitrogens with one attached hydrogen (secondary N) is 1. The fraction of sp³-hybridized carbons (Fsp3) is 0.583. The molecule has 0 aliphatic carbocycles. The fourth-order valence-corrected chi connectivity index (χ4v) is 1.47. The molecule has 1 heterocycles. The molecule has 0 spiro atoms. The van der Waals surface area contributed by atoms with Crippen LogP contribution in [0.15, 0.2) is 23.1 Å². The van der Waals surface area contributed by atoms with Gasteiger partial charge in [-0.15, -0.1) is 0 Å². The third-order valence-electron chi connectivity index (χ3n) is 2.33. The van der Waals surface area contributed by atoms with Crippen LogP contribution < -0.4 is 10.9 Å². The molecule has 0 amide bonds. The van der Waals surface area contributed by atoms with Gasteiger partial charge >= 0.3 is 0 Å². The highest BCUT2D eigenvalue weighted by Crippen LogP contribution is 1.92.